The Hall–Kier alpha value is -1.94. The molecule has 0 heterocycles. The molecule has 0 fully saturated rings. The average Bonchev–Trinajstić information content (AvgIpc) is 1.10. The monoisotopic (exact) mass is 1440 g/mol. The van der Waals surface area contributed by atoms with Gasteiger partial charge in [0.05, 0.1) is 26.4 Å². The number of rotatable bonds is 78. The van der Waals surface area contributed by atoms with Gasteiger partial charge in [-0.1, -0.05) is 363 Å². The predicted octanol–water partition coefficient (Wildman–Crippen LogP) is 23.5. The number of aliphatic hydroxyl groups excluding tert-OH is 1. The van der Waals surface area contributed by atoms with Crippen molar-refractivity contribution in [1.82, 2.24) is 0 Å². The van der Waals surface area contributed by atoms with E-state index in [9.17, 15) is 43.2 Å². The molecule has 19 heteroatoms. The number of hydrogen-bond donors (Lipinski definition) is 3. The van der Waals surface area contributed by atoms with Gasteiger partial charge in [0.25, 0.3) is 0 Å². The summed E-state index contributed by atoms with van der Waals surface area (Å²) in [4.78, 5) is 73.0. The molecule has 98 heavy (non-hydrogen) atoms. The molecule has 0 saturated heterocycles. The second-order valence-corrected chi connectivity index (χ2v) is 32.3. The van der Waals surface area contributed by atoms with E-state index in [4.69, 9.17) is 37.0 Å². The SMILES string of the molecule is CCCCCCCCCCCCCCCCCCCCC(=O)O[C@H](COC(=O)CCCCCCCCCCCCCCCC(C)C)COP(=O)(O)OC[C@@H](O)COP(=O)(O)OC[C@@H](COC(=O)CCCCCCCCCCCCCC)OC(=O)CCCCCCCCCCCC(C)C. The highest BCUT2D eigenvalue weighted by atomic mass is 31.2. The zero-order chi connectivity index (χ0) is 72.1. The molecule has 0 radical (unpaired) electrons. The Kier molecular flexibility index (Phi) is 69.3. The molecule has 3 N–H and O–H groups in total. The van der Waals surface area contributed by atoms with Gasteiger partial charge in [-0.15, -0.1) is 0 Å². The van der Waals surface area contributed by atoms with Gasteiger partial charge in [0, 0.05) is 25.7 Å². The summed E-state index contributed by atoms with van der Waals surface area (Å²) in [6.45, 7) is 9.62. The third-order valence-electron chi connectivity index (χ3n) is 18.5. The molecule has 0 bridgehead atoms. The number of unbranched alkanes of at least 4 members (excludes halogenated alkanes) is 48. The van der Waals surface area contributed by atoms with Crippen LogP contribution in [-0.4, -0.2) is 96.7 Å². The van der Waals surface area contributed by atoms with E-state index in [-0.39, 0.29) is 25.7 Å². The summed E-state index contributed by atoms with van der Waals surface area (Å²) >= 11 is 0. The van der Waals surface area contributed by atoms with E-state index in [0.717, 1.165) is 102 Å². The number of aliphatic hydroxyl groups is 1. The third-order valence-corrected chi connectivity index (χ3v) is 20.4. The van der Waals surface area contributed by atoms with Gasteiger partial charge in [0.15, 0.2) is 12.2 Å². The summed E-state index contributed by atoms with van der Waals surface area (Å²) < 4.78 is 68.7. The fourth-order valence-electron chi connectivity index (χ4n) is 12.2. The molecule has 0 aliphatic heterocycles. The molecular weight excluding hydrogens is 1280 g/mol. The van der Waals surface area contributed by atoms with Gasteiger partial charge in [0.1, 0.15) is 19.3 Å². The molecule has 582 valence electrons. The second-order valence-electron chi connectivity index (χ2n) is 29.4. The van der Waals surface area contributed by atoms with Gasteiger partial charge < -0.3 is 33.8 Å². The van der Waals surface area contributed by atoms with E-state index >= 15 is 0 Å². The molecular formula is C79H154O17P2. The molecule has 0 aromatic rings. The van der Waals surface area contributed by atoms with Crippen LogP contribution in [0.3, 0.4) is 0 Å². The van der Waals surface area contributed by atoms with E-state index in [2.05, 4.69) is 41.5 Å². The van der Waals surface area contributed by atoms with Crippen molar-refractivity contribution in [3.63, 3.8) is 0 Å². The summed E-state index contributed by atoms with van der Waals surface area (Å²) in [6.07, 6.45) is 59.6. The lowest BCUT2D eigenvalue weighted by molar-refractivity contribution is -0.161. The van der Waals surface area contributed by atoms with Gasteiger partial charge >= 0.3 is 39.5 Å². The van der Waals surface area contributed by atoms with E-state index < -0.39 is 97.5 Å². The highest BCUT2D eigenvalue weighted by molar-refractivity contribution is 7.47. The number of ether oxygens (including phenoxy) is 4. The van der Waals surface area contributed by atoms with Crippen LogP contribution < -0.4 is 0 Å². The number of carbonyl (C=O) groups is 4. The smallest absolute Gasteiger partial charge is 0.462 e. The van der Waals surface area contributed by atoms with Gasteiger partial charge in [-0.25, -0.2) is 9.13 Å². The molecule has 0 aromatic carbocycles. The first-order chi connectivity index (χ1) is 47.4. The minimum atomic E-state index is -4.96. The minimum absolute atomic E-state index is 0.106. The van der Waals surface area contributed by atoms with Crippen LogP contribution in [-0.2, 0) is 65.4 Å². The van der Waals surface area contributed by atoms with E-state index in [1.165, 1.54) is 231 Å². The molecule has 0 spiro atoms. The number of carbonyl (C=O) groups excluding carboxylic acids is 4. The van der Waals surface area contributed by atoms with Crippen molar-refractivity contribution in [3.8, 4) is 0 Å². The average molecular weight is 1440 g/mol. The summed E-state index contributed by atoms with van der Waals surface area (Å²) in [5.74, 6) is -0.582. The molecule has 2 unspecified atom stereocenters. The topological polar surface area (TPSA) is 237 Å². The van der Waals surface area contributed by atoms with E-state index in [1.807, 2.05) is 0 Å². The summed E-state index contributed by atoms with van der Waals surface area (Å²) in [5.41, 5.74) is 0. The normalized spacial score (nSPS) is 13.9. The zero-order valence-corrected chi connectivity index (χ0v) is 65.9. The summed E-state index contributed by atoms with van der Waals surface area (Å²) in [5, 5.41) is 10.6. The first-order valence-corrected chi connectivity index (χ1v) is 44.0. The highest BCUT2D eigenvalue weighted by Crippen LogP contribution is 2.45. The van der Waals surface area contributed by atoms with E-state index in [1.54, 1.807) is 0 Å². The first-order valence-electron chi connectivity index (χ1n) is 41.0. The van der Waals surface area contributed by atoms with Crippen molar-refractivity contribution < 1.29 is 80.2 Å². The highest BCUT2D eigenvalue weighted by Gasteiger charge is 2.30. The van der Waals surface area contributed by atoms with Gasteiger partial charge in [-0.2, -0.15) is 0 Å². The Morgan fingerprint density at radius 1 is 0.276 bits per heavy atom. The predicted molar refractivity (Wildman–Crippen MR) is 400 cm³/mol. The van der Waals surface area contributed by atoms with Crippen molar-refractivity contribution in [2.24, 2.45) is 11.8 Å². The van der Waals surface area contributed by atoms with Crippen molar-refractivity contribution >= 4 is 39.5 Å². The van der Waals surface area contributed by atoms with Crippen LogP contribution >= 0.6 is 15.6 Å². The molecule has 0 aliphatic rings. The fourth-order valence-corrected chi connectivity index (χ4v) is 13.8. The molecule has 0 rings (SSSR count). The maximum Gasteiger partial charge on any atom is 0.472 e. The number of phosphoric acid groups is 2. The van der Waals surface area contributed by atoms with Crippen LogP contribution in [0.25, 0.3) is 0 Å². The van der Waals surface area contributed by atoms with Crippen molar-refractivity contribution in [2.75, 3.05) is 39.6 Å². The Morgan fingerprint density at radius 2 is 0.469 bits per heavy atom. The maximum absolute atomic E-state index is 13.1. The molecule has 5 atom stereocenters. The standard InChI is InChI=1S/C79H154O17P2/c1-7-9-11-13-15-17-19-21-22-23-24-25-28-33-39-45-51-57-63-78(83)95-74(67-90-77(82)62-56-50-44-38-32-29-26-27-30-35-41-47-53-59-71(3)4)69-93-97(85,86)91-65-73(80)66-92-98(87,88)94-70-75(96-79(84)64-58-52-46-40-34-36-42-48-54-60-72(5)6)68-89-76(81)61-55-49-43-37-31-20-18-16-14-12-10-8-2/h71-75,80H,7-70H2,1-6H3,(H,85,86)(H,87,88)/t73-,74-,75-/m1/s1. The lowest BCUT2D eigenvalue weighted by Gasteiger charge is -2.21. The lowest BCUT2D eigenvalue weighted by Crippen LogP contribution is -2.30. The molecule has 0 amide bonds. The Balaban J connectivity index is 5.25. The van der Waals surface area contributed by atoms with Crippen LogP contribution in [0, 0.1) is 11.8 Å². The molecule has 0 aromatic heterocycles. The number of phosphoric ester groups is 2. The van der Waals surface area contributed by atoms with Crippen LogP contribution in [0.5, 0.6) is 0 Å². The lowest BCUT2D eigenvalue weighted by atomic mass is 10.0. The van der Waals surface area contributed by atoms with Crippen molar-refractivity contribution in [2.45, 2.75) is 432 Å². The molecule has 0 aliphatic carbocycles. The first kappa shape index (κ1) is 96.1. The van der Waals surface area contributed by atoms with E-state index in [0.29, 0.717) is 25.7 Å². The second kappa shape index (κ2) is 70.7. The van der Waals surface area contributed by atoms with Crippen molar-refractivity contribution in [1.29, 1.82) is 0 Å². The van der Waals surface area contributed by atoms with Gasteiger partial charge in [-0.05, 0) is 37.5 Å². The Labute approximate surface area is 600 Å². The fraction of sp³-hybridized carbons (Fsp3) is 0.949. The van der Waals surface area contributed by atoms with Crippen LogP contribution in [0.15, 0.2) is 0 Å². The third kappa shape index (κ3) is 72.4. The quantitative estimate of drug-likeness (QED) is 0.0222. The zero-order valence-electron chi connectivity index (χ0n) is 64.1. The van der Waals surface area contributed by atoms with Crippen LogP contribution in [0.1, 0.15) is 414 Å². The molecule has 0 saturated carbocycles. The maximum atomic E-state index is 13.1. The minimum Gasteiger partial charge on any atom is -0.462 e. The van der Waals surface area contributed by atoms with Crippen LogP contribution in [0.2, 0.25) is 0 Å². The summed E-state index contributed by atoms with van der Waals surface area (Å²) in [7, 11) is -9.92. The Morgan fingerprint density at radius 3 is 0.694 bits per heavy atom. The van der Waals surface area contributed by atoms with Crippen LogP contribution in [0.4, 0.5) is 0 Å². The Bertz CT molecular complexity index is 1890. The number of hydrogen-bond acceptors (Lipinski definition) is 15. The summed E-state index contributed by atoms with van der Waals surface area (Å²) in [6, 6.07) is 0. The van der Waals surface area contributed by atoms with Gasteiger partial charge in [-0.3, -0.25) is 37.3 Å². The number of esters is 4. The largest absolute Gasteiger partial charge is 0.472 e. The molecule has 17 nitrogen and oxygen atoms in total. The van der Waals surface area contributed by atoms with Crippen molar-refractivity contribution in [3.05, 3.63) is 0 Å². The van der Waals surface area contributed by atoms with Gasteiger partial charge in [0.2, 0.25) is 0 Å².